The predicted octanol–water partition coefficient (Wildman–Crippen LogP) is 2.69. The molecule has 0 saturated carbocycles. The molecule has 1 amide bonds. The lowest BCUT2D eigenvalue weighted by atomic mass is 9.84. The van der Waals surface area contributed by atoms with Gasteiger partial charge in [-0.1, -0.05) is 0 Å². The lowest BCUT2D eigenvalue weighted by Gasteiger charge is -2.30. The van der Waals surface area contributed by atoms with Gasteiger partial charge in [-0.15, -0.1) is 11.6 Å². The van der Waals surface area contributed by atoms with Crippen molar-refractivity contribution in [2.45, 2.75) is 25.0 Å². The van der Waals surface area contributed by atoms with Gasteiger partial charge in [0.1, 0.15) is 5.38 Å². The maximum atomic E-state index is 13.1. The first-order valence-corrected chi connectivity index (χ1v) is 8.39. The molecule has 2 aromatic rings. The molecule has 0 spiro atoms. The molecule has 2 atom stereocenters. The summed E-state index contributed by atoms with van der Waals surface area (Å²) < 4.78 is 40.6. The minimum absolute atomic E-state index is 0.260. The van der Waals surface area contributed by atoms with Gasteiger partial charge < -0.3 is 16.2 Å². The Labute approximate surface area is 167 Å². The molecule has 2 rings (SSSR count). The van der Waals surface area contributed by atoms with Crippen molar-refractivity contribution in [3.05, 3.63) is 41.7 Å². The number of nitrogens with one attached hydrogen (secondary N) is 1. The number of nitrogen functional groups attached to an aromatic ring is 1. The van der Waals surface area contributed by atoms with Crippen LogP contribution in [0.2, 0.25) is 0 Å². The van der Waals surface area contributed by atoms with Crippen molar-refractivity contribution in [1.29, 1.82) is 5.26 Å². The van der Waals surface area contributed by atoms with Gasteiger partial charge in [-0.05, 0) is 25.1 Å². The highest BCUT2D eigenvalue weighted by Crippen LogP contribution is 2.35. The summed E-state index contributed by atoms with van der Waals surface area (Å²) in [7, 11) is 0. The Balaban J connectivity index is 2.40. The molecule has 0 aliphatic carbocycles. The number of nitrogens with zero attached hydrogens (tertiary/aromatic N) is 3. The topological polar surface area (TPSA) is 134 Å². The summed E-state index contributed by atoms with van der Waals surface area (Å²) in [5, 5.41) is 22.5. The Morgan fingerprint density at radius 3 is 2.59 bits per heavy atom. The van der Waals surface area contributed by atoms with E-state index in [4.69, 9.17) is 22.6 Å². The minimum atomic E-state index is -4.82. The van der Waals surface area contributed by atoms with Crippen LogP contribution in [-0.2, 0) is 22.3 Å². The molecule has 8 nitrogen and oxygen atoms in total. The number of aliphatic carboxylic acids is 1. The van der Waals surface area contributed by atoms with Gasteiger partial charge >= 0.3 is 12.1 Å². The van der Waals surface area contributed by atoms with Crippen molar-refractivity contribution in [2.75, 3.05) is 11.1 Å². The summed E-state index contributed by atoms with van der Waals surface area (Å²) in [5.41, 5.74) is 1.87. The molecule has 1 heterocycles. The van der Waals surface area contributed by atoms with Crippen molar-refractivity contribution < 1.29 is 27.9 Å². The second-order valence-electron chi connectivity index (χ2n) is 6.41. The molecule has 12 heteroatoms. The molecule has 4 N–H and O–H groups in total. The van der Waals surface area contributed by atoms with Gasteiger partial charge in [0.05, 0.1) is 41.0 Å². The zero-order valence-corrected chi connectivity index (χ0v) is 15.6. The largest absolute Gasteiger partial charge is 0.480 e. The minimum Gasteiger partial charge on any atom is -0.480 e. The zero-order valence-electron chi connectivity index (χ0n) is 14.9. The van der Waals surface area contributed by atoms with Crippen molar-refractivity contribution in [3.63, 3.8) is 0 Å². The number of hydrogen-bond donors (Lipinski definition) is 3. The fourth-order valence-electron chi connectivity index (χ4n) is 2.57. The number of rotatable bonds is 6. The molecule has 0 fully saturated rings. The molecule has 1 aromatic heterocycles. The molecule has 0 saturated heterocycles. The van der Waals surface area contributed by atoms with Gasteiger partial charge in [-0.25, -0.2) is 0 Å². The highest BCUT2D eigenvalue weighted by atomic mass is 35.5. The van der Waals surface area contributed by atoms with E-state index in [9.17, 15) is 27.9 Å². The molecule has 0 aliphatic heterocycles. The molecular formula is C17H15ClF3N5O3. The molecular weight excluding hydrogens is 415 g/mol. The maximum Gasteiger partial charge on any atom is 0.417 e. The van der Waals surface area contributed by atoms with Crippen LogP contribution in [0.4, 0.5) is 24.5 Å². The Kier molecular flexibility index (Phi) is 6.08. The Morgan fingerprint density at radius 2 is 2.10 bits per heavy atom. The third kappa shape index (κ3) is 4.78. The van der Waals surface area contributed by atoms with Gasteiger partial charge in [0.15, 0.2) is 0 Å². The first-order valence-electron chi connectivity index (χ1n) is 7.96. The van der Waals surface area contributed by atoms with E-state index in [0.29, 0.717) is 6.07 Å². The smallest absolute Gasteiger partial charge is 0.417 e. The molecule has 0 aliphatic rings. The van der Waals surface area contributed by atoms with Crippen molar-refractivity contribution in [2.24, 2.45) is 5.41 Å². The maximum absolute atomic E-state index is 13.1. The number of carboxylic acid groups (broad SMARTS) is 1. The fraction of sp³-hybridized carbons (Fsp3) is 0.294. The first kappa shape index (κ1) is 22.0. The summed E-state index contributed by atoms with van der Waals surface area (Å²) in [4.78, 5) is 24.2. The summed E-state index contributed by atoms with van der Waals surface area (Å²) >= 11 is 5.94. The van der Waals surface area contributed by atoms with Gasteiger partial charge in [0.25, 0.3) is 0 Å². The SMILES string of the molecule is CC(Cn1cc(N)cn1)(C(=O)Nc1ccc(C#N)c(C(F)(F)F)c1)[C@H](Cl)C(=O)O. The number of carboxylic acids is 1. The lowest BCUT2D eigenvalue weighted by Crippen LogP contribution is -2.47. The number of aromatic nitrogens is 2. The third-order valence-electron chi connectivity index (χ3n) is 4.14. The number of carbonyl (C=O) groups is 2. The lowest BCUT2D eigenvalue weighted by molar-refractivity contribution is -0.143. The second kappa shape index (κ2) is 8.00. The number of alkyl halides is 4. The van der Waals surface area contributed by atoms with E-state index in [1.54, 1.807) is 0 Å². The van der Waals surface area contributed by atoms with Gasteiger partial charge in [0, 0.05) is 11.9 Å². The van der Waals surface area contributed by atoms with Gasteiger partial charge in [0.2, 0.25) is 5.91 Å². The van der Waals surface area contributed by atoms with E-state index in [2.05, 4.69) is 10.4 Å². The first-order chi connectivity index (χ1) is 13.4. The van der Waals surface area contributed by atoms with Crippen molar-refractivity contribution in [1.82, 2.24) is 9.78 Å². The highest BCUT2D eigenvalue weighted by Gasteiger charge is 2.45. The number of nitriles is 1. The average Bonchev–Trinajstić information content (AvgIpc) is 3.04. The standard InChI is InChI=1S/C17H15ClF3N5O3/c1-16(13(18)14(27)28,8-26-7-10(23)6-24-26)15(29)25-11-3-2-9(5-22)12(4-11)17(19,20)21/h2-4,6-7,13H,8,23H2,1H3,(H,25,29)(H,27,28)/t13-,16?/m1/s1. The summed E-state index contributed by atoms with van der Waals surface area (Å²) in [6, 6.07) is 4.02. The summed E-state index contributed by atoms with van der Waals surface area (Å²) in [6.07, 6.45) is -2.20. The monoisotopic (exact) mass is 429 g/mol. The fourth-order valence-corrected chi connectivity index (χ4v) is 2.74. The summed E-state index contributed by atoms with van der Waals surface area (Å²) in [5.74, 6) is -2.45. The Morgan fingerprint density at radius 1 is 1.45 bits per heavy atom. The zero-order chi connectivity index (χ0) is 22.0. The molecule has 154 valence electrons. The van der Waals surface area contributed by atoms with Crippen LogP contribution < -0.4 is 11.1 Å². The van der Waals surface area contributed by atoms with Crippen molar-refractivity contribution in [3.8, 4) is 6.07 Å². The Bertz CT molecular complexity index is 985. The average molecular weight is 430 g/mol. The molecule has 0 bridgehead atoms. The van der Waals surface area contributed by atoms with E-state index >= 15 is 0 Å². The van der Waals surface area contributed by atoms with Crippen LogP contribution in [0, 0.1) is 16.7 Å². The van der Waals surface area contributed by atoms with Crippen LogP contribution in [0.3, 0.4) is 0 Å². The van der Waals surface area contributed by atoms with Crippen molar-refractivity contribution >= 4 is 34.9 Å². The van der Waals surface area contributed by atoms with Crippen LogP contribution in [0.1, 0.15) is 18.1 Å². The van der Waals surface area contributed by atoms with E-state index in [0.717, 1.165) is 12.1 Å². The van der Waals surface area contributed by atoms with E-state index in [1.807, 2.05) is 0 Å². The Hall–Kier alpha value is -3.26. The van der Waals surface area contributed by atoms with Crippen LogP contribution in [0.5, 0.6) is 0 Å². The van der Waals surface area contributed by atoms with E-state index in [1.165, 1.54) is 30.1 Å². The number of hydrogen-bond acceptors (Lipinski definition) is 5. The number of benzene rings is 1. The molecule has 0 radical (unpaired) electrons. The third-order valence-corrected chi connectivity index (χ3v) is 4.81. The number of nitrogens with two attached hydrogens (primary N) is 1. The van der Waals surface area contributed by atoms with Crippen LogP contribution in [-0.4, -0.2) is 32.1 Å². The van der Waals surface area contributed by atoms with E-state index in [-0.39, 0.29) is 17.9 Å². The molecule has 1 unspecified atom stereocenters. The van der Waals surface area contributed by atoms with Gasteiger partial charge in [-0.3, -0.25) is 14.3 Å². The number of anilines is 2. The van der Waals surface area contributed by atoms with Crippen LogP contribution in [0.15, 0.2) is 30.6 Å². The number of halogens is 4. The van der Waals surface area contributed by atoms with Crippen LogP contribution >= 0.6 is 11.6 Å². The highest BCUT2D eigenvalue weighted by molar-refractivity contribution is 6.32. The summed E-state index contributed by atoms with van der Waals surface area (Å²) in [6.45, 7) is 0.930. The molecule has 1 aromatic carbocycles. The van der Waals surface area contributed by atoms with Crippen LogP contribution in [0.25, 0.3) is 0 Å². The second-order valence-corrected chi connectivity index (χ2v) is 6.85. The van der Waals surface area contributed by atoms with E-state index < -0.39 is 40.0 Å². The quantitative estimate of drug-likeness (QED) is 0.604. The normalized spacial score (nSPS) is 14.5. The molecule has 29 heavy (non-hydrogen) atoms. The number of amides is 1. The van der Waals surface area contributed by atoms with Gasteiger partial charge in [-0.2, -0.15) is 23.5 Å². The predicted molar refractivity (Wildman–Crippen MR) is 96.8 cm³/mol. The number of carbonyl (C=O) groups excluding carboxylic acids is 1.